The number of hydrogen-bond donors (Lipinski definition) is 1. The largest absolute Gasteiger partial charge is 0.494 e. The van der Waals surface area contributed by atoms with E-state index < -0.39 is 23.8 Å². The van der Waals surface area contributed by atoms with Crippen molar-refractivity contribution >= 4 is 63.8 Å². The molecule has 0 unspecified atom stereocenters. The molecule has 1 N–H and O–H groups in total. The van der Waals surface area contributed by atoms with Crippen molar-refractivity contribution in [2.75, 3.05) is 6.61 Å². The molecule has 3 rings (SSSR count). The van der Waals surface area contributed by atoms with Crippen LogP contribution in [-0.2, 0) is 6.54 Å². The second-order valence-corrected chi connectivity index (χ2v) is 8.56. The van der Waals surface area contributed by atoms with Crippen LogP contribution >= 0.6 is 58.0 Å². The quantitative estimate of drug-likeness (QED) is 0.241. The van der Waals surface area contributed by atoms with E-state index in [9.17, 15) is 20.0 Å². The van der Waals surface area contributed by atoms with E-state index in [1.54, 1.807) is 24.4 Å². The third-order valence-corrected chi connectivity index (χ3v) is 6.90. The van der Waals surface area contributed by atoms with Gasteiger partial charge >= 0.3 is 0 Å². The number of halogens is 5. The van der Waals surface area contributed by atoms with Gasteiger partial charge in [-0.1, -0.05) is 64.1 Å². The molecule has 1 aromatic carbocycles. The van der Waals surface area contributed by atoms with Gasteiger partial charge in [-0.15, -0.1) is 0 Å². The highest BCUT2D eigenvalue weighted by molar-refractivity contribution is 6.55. The molecule has 0 fully saturated rings. The molecule has 3 aromatic rings. The number of ketones is 1. The number of nitrogens with zero attached hydrogens (tertiary/aromatic N) is 3. The van der Waals surface area contributed by atoms with Gasteiger partial charge < -0.3 is 9.84 Å². The zero-order valence-electron chi connectivity index (χ0n) is 16.6. The Labute approximate surface area is 212 Å². The van der Waals surface area contributed by atoms with Gasteiger partial charge in [-0.3, -0.25) is 19.1 Å². The zero-order chi connectivity index (χ0) is 24.4. The number of ether oxygens (including phenoxy) is 1. The van der Waals surface area contributed by atoms with Gasteiger partial charge in [0.25, 0.3) is 5.56 Å². The first-order valence-electron chi connectivity index (χ1n) is 9.02. The van der Waals surface area contributed by atoms with Crippen LogP contribution in [0.2, 0.25) is 25.1 Å². The van der Waals surface area contributed by atoms with Crippen molar-refractivity contribution in [3.63, 3.8) is 0 Å². The zero-order valence-corrected chi connectivity index (χ0v) is 20.4. The van der Waals surface area contributed by atoms with Crippen LogP contribution in [0.3, 0.4) is 0 Å². The summed E-state index contributed by atoms with van der Waals surface area (Å²) in [6.07, 6.45) is 3.03. The van der Waals surface area contributed by atoms with E-state index >= 15 is 0 Å². The number of hydrogen-bond acceptors (Lipinski definition) is 6. The Kier molecular flexibility index (Phi) is 7.78. The lowest BCUT2D eigenvalue weighted by Crippen LogP contribution is -2.28. The third-order valence-electron chi connectivity index (χ3n) is 4.66. The fraction of sp³-hybridized carbons (Fsp3) is 0.143. The average Bonchev–Trinajstić information content (AvgIpc) is 2.80. The Bertz CT molecular complexity index is 1340. The summed E-state index contributed by atoms with van der Waals surface area (Å²) in [6.45, 7) is 0.587. The van der Waals surface area contributed by atoms with Crippen LogP contribution in [0.1, 0.15) is 27.0 Å². The maximum absolute atomic E-state index is 13.0. The summed E-state index contributed by atoms with van der Waals surface area (Å²) in [4.78, 5) is 29.7. The number of Topliss-reactive ketones (excluding diaryl/α,β-unsaturated/α-hetero) is 1. The van der Waals surface area contributed by atoms with Crippen molar-refractivity contribution in [1.82, 2.24) is 9.55 Å². The highest BCUT2D eigenvalue weighted by Gasteiger charge is 2.26. The highest BCUT2D eigenvalue weighted by Crippen LogP contribution is 2.48. The molecular weight excluding hydrogens is 536 g/mol. The first-order valence-corrected chi connectivity index (χ1v) is 10.9. The van der Waals surface area contributed by atoms with Crippen molar-refractivity contribution in [3.05, 3.63) is 82.2 Å². The maximum Gasteiger partial charge on any atom is 0.271 e. The number of pyridine rings is 2. The number of aromatic hydroxyl groups is 1. The van der Waals surface area contributed by atoms with E-state index in [-0.39, 0.29) is 54.1 Å². The van der Waals surface area contributed by atoms with E-state index in [4.69, 9.17) is 62.7 Å². The normalized spacial score (nSPS) is 10.7. The number of carbonyl (C=O) groups is 1. The van der Waals surface area contributed by atoms with E-state index in [0.717, 1.165) is 4.57 Å². The fourth-order valence-corrected chi connectivity index (χ4v) is 4.26. The average molecular weight is 548 g/mol. The van der Waals surface area contributed by atoms with E-state index in [1.165, 1.54) is 13.1 Å². The molecule has 0 saturated heterocycles. The van der Waals surface area contributed by atoms with Crippen LogP contribution in [0.15, 0.2) is 29.3 Å². The van der Waals surface area contributed by atoms with Gasteiger partial charge in [-0.25, -0.2) is 0 Å². The van der Waals surface area contributed by atoms with Crippen LogP contribution in [-0.4, -0.2) is 27.0 Å². The number of rotatable bonds is 6. The highest BCUT2D eigenvalue weighted by atomic mass is 35.5. The second-order valence-electron chi connectivity index (χ2n) is 6.67. The molecule has 2 heterocycles. The van der Waals surface area contributed by atoms with E-state index in [1.807, 2.05) is 0 Å². The summed E-state index contributed by atoms with van der Waals surface area (Å²) in [5, 5.41) is 19.6. The van der Waals surface area contributed by atoms with Gasteiger partial charge in [-0.05, 0) is 24.1 Å². The van der Waals surface area contributed by atoms with Crippen LogP contribution in [0.5, 0.6) is 11.6 Å². The molecule has 0 aliphatic heterocycles. The smallest absolute Gasteiger partial charge is 0.271 e. The number of nitriles is 1. The maximum atomic E-state index is 13.0. The number of aromatic nitrogens is 2. The Morgan fingerprint density at radius 1 is 1.15 bits per heavy atom. The molecule has 170 valence electrons. The van der Waals surface area contributed by atoms with Crippen molar-refractivity contribution in [3.8, 4) is 17.7 Å². The summed E-state index contributed by atoms with van der Waals surface area (Å²) in [6, 6.07) is 5.10. The Balaban J connectivity index is 2.03. The molecule has 0 spiro atoms. The first kappa shape index (κ1) is 25.2. The molecule has 0 aliphatic rings. The van der Waals surface area contributed by atoms with Crippen molar-refractivity contribution < 1.29 is 14.6 Å². The van der Waals surface area contributed by atoms with Crippen molar-refractivity contribution in [1.29, 1.82) is 5.26 Å². The Morgan fingerprint density at radius 2 is 1.76 bits per heavy atom. The van der Waals surface area contributed by atoms with Crippen LogP contribution < -0.4 is 10.3 Å². The molecule has 0 radical (unpaired) electrons. The summed E-state index contributed by atoms with van der Waals surface area (Å²) < 4.78 is 6.35. The van der Waals surface area contributed by atoms with E-state index in [2.05, 4.69) is 4.98 Å². The summed E-state index contributed by atoms with van der Waals surface area (Å²) in [5.74, 6) is -1.57. The molecular formula is C21H12Cl5N3O4. The Morgan fingerprint density at radius 3 is 2.30 bits per heavy atom. The van der Waals surface area contributed by atoms with Gasteiger partial charge in [0, 0.05) is 12.4 Å². The second kappa shape index (κ2) is 10.2. The topological polar surface area (TPSA) is 105 Å². The molecule has 0 aliphatic carbocycles. The van der Waals surface area contributed by atoms with Crippen LogP contribution in [0.25, 0.3) is 0 Å². The van der Waals surface area contributed by atoms with Crippen LogP contribution in [0.4, 0.5) is 0 Å². The van der Waals surface area contributed by atoms with Gasteiger partial charge in [0.15, 0.2) is 12.4 Å². The summed E-state index contributed by atoms with van der Waals surface area (Å²) in [7, 11) is 0. The number of carbonyl (C=O) groups excluding carboxylic acids is 1. The molecule has 0 bridgehead atoms. The monoisotopic (exact) mass is 545 g/mol. The molecule has 33 heavy (non-hydrogen) atoms. The molecule has 7 nitrogen and oxygen atoms in total. The molecule has 0 atom stereocenters. The van der Waals surface area contributed by atoms with Gasteiger partial charge in [0.05, 0.1) is 27.2 Å². The predicted octanol–water partition coefficient (Wildman–Crippen LogP) is 5.71. The molecule has 0 saturated carbocycles. The SMILES string of the molecule is Cc1c(C(=O)COc2c(Cl)c(Cl)c(Cl)c(Cl)c2Cl)c(O)n(Cc2cccnc2)c(=O)c1C#N. The fourth-order valence-electron chi connectivity index (χ4n) is 3.03. The lowest BCUT2D eigenvalue weighted by atomic mass is 10.0. The first-order chi connectivity index (χ1) is 15.6. The number of benzene rings is 1. The minimum atomic E-state index is -0.754. The standard InChI is InChI=1S/C21H12Cl5N3O4/c1-9-11(5-27)20(31)29(7-10-3-2-4-28-6-10)21(32)13(9)12(30)8-33-19-17(25)15(23)14(22)16(24)18(19)26/h2-4,6,32H,7-8H2,1H3. The van der Waals surface area contributed by atoms with E-state index in [0.29, 0.717) is 5.56 Å². The predicted molar refractivity (Wildman–Crippen MR) is 126 cm³/mol. The van der Waals surface area contributed by atoms with Gasteiger partial charge in [0.2, 0.25) is 11.7 Å². The molecule has 0 amide bonds. The molecule has 12 heteroatoms. The minimum absolute atomic E-state index is 0.000372. The third kappa shape index (κ3) is 4.77. The molecule has 2 aromatic heterocycles. The van der Waals surface area contributed by atoms with Crippen molar-refractivity contribution in [2.45, 2.75) is 13.5 Å². The minimum Gasteiger partial charge on any atom is -0.494 e. The summed E-state index contributed by atoms with van der Waals surface area (Å²) in [5.41, 5.74) is -0.750. The lowest BCUT2D eigenvalue weighted by molar-refractivity contribution is 0.0916. The Hall–Kier alpha value is -2.47. The summed E-state index contributed by atoms with van der Waals surface area (Å²) >= 11 is 30.2. The van der Waals surface area contributed by atoms with Gasteiger partial charge in [0.1, 0.15) is 21.7 Å². The lowest BCUT2D eigenvalue weighted by Gasteiger charge is -2.17. The van der Waals surface area contributed by atoms with Gasteiger partial charge in [-0.2, -0.15) is 5.26 Å². The van der Waals surface area contributed by atoms with Crippen molar-refractivity contribution in [2.24, 2.45) is 0 Å². The van der Waals surface area contributed by atoms with Crippen LogP contribution in [0, 0.1) is 18.3 Å².